The van der Waals surface area contributed by atoms with Crippen molar-refractivity contribution >= 4 is 0 Å². The van der Waals surface area contributed by atoms with Crippen molar-refractivity contribution in [3.63, 3.8) is 0 Å². The van der Waals surface area contributed by atoms with E-state index in [4.69, 9.17) is 5.73 Å². The first-order valence-electron chi connectivity index (χ1n) is 6.56. The molecule has 1 saturated heterocycles. The van der Waals surface area contributed by atoms with Gasteiger partial charge in [0.05, 0.1) is 0 Å². The lowest BCUT2D eigenvalue weighted by molar-refractivity contribution is 0.161. The Hall–Kier alpha value is -1.00. The molecule has 2 nitrogen and oxygen atoms in total. The predicted octanol–water partition coefficient (Wildman–Crippen LogP) is 2.53. The number of halogens is 2. The Kier molecular flexibility index (Phi) is 4.66. The van der Waals surface area contributed by atoms with Gasteiger partial charge in [-0.1, -0.05) is 12.1 Å². The minimum atomic E-state index is -0.761. The van der Waals surface area contributed by atoms with Gasteiger partial charge in [-0.3, -0.25) is 4.90 Å². The molecule has 0 amide bonds. The molecule has 0 aromatic heterocycles. The van der Waals surface area contributed by atoms with Crippen LogP contribution in [0.15, 0.2) is 18.2 Å². The summed E-state index contributed by atoms with van der Waals surface area (Å²) < 4.78 is 26.7. The first-order valence-corrected chi connectivity index (χ1v) is 6.56. The Morgan fingerprint density at radius 3 is 2.94 bits per heavy atom. The number of rotatable bonds is 4. The van der Waals surface area contributed by atoms with Gasteiger partial charge in [-0.2, -0.15) is 0 Å². The molecule has 2 rings (SSSR count). The van der Waals surface area contributed by atoms with Crippen LogP contribution in [0.4, 0.5) is 8.78 Å². The van der Waals surface area contributed by atoms with E-state index >= 15 is 0 Å². The molecular weight excluding hydrogens is 234 g/mol. The van der Waals surface area contributed by atoms with Gasteiger partial charge in [0.2, 0.25) is 0 Å². The van der Waals surface area contributed by atoms with Gasteiger partial charge in [0.15, 0.2) is 11.6 Å². The second-order valence-electron chi connectivity index (χ2n) is 5.03. The molecule has 1 heterocycles. The average Bonchev–Trinajstić information content (AvgIpc) is 2.36. The number of hydrogen-bond acceptors (Lipinski definition) is 2. The highest BCUT2D eigenvalue weighted by atomic mass is 19.2. The molecule has 2 N–H and O–H groups in total. The van der Waals surface area contributed by atoms with E-state index in [2.05, 4.69) is 4.90 Å². The van der Waals surface area contributed by atoms with Gasteiger partial charge >= 0.3 is 0 Å². The molecule has 18 heavy (non-hydrogen) atoms. The maximum atomic E-state index is 13.6. The second-order valence-corrected chi connectivity index (χ2v) is 5.03. The monoisotopic (exact) mass is 254 g/mol. The fourth-order valence-corrected chi connectivity index (χ4v) is 2.68. The van der Waals surface area contributed by atoms with Crippen LogP contribution in [0.1, 0.15) is 24.8 Å². The van der Waals surface area contributed by atoms with Gasteiger partial charge < -0.3 is 5.73 Å². The van der Waals surface area contributed by atoms with Crippen LogP contribution in [0, 0.1) is 17.6 Å². The summed E-state index contributed by atoms with van der Waals surface area (Å²) >= 11 is 0. The molecular formula is C14H20F2N2. The van der Waals surface area contributed by atoms with E-state index in [1.807, 2.05) is 0 Å². The van der Waals surface area contributed by atoms with Crippen LogP contribution in [0.25, 0.3) is 0 Å². The number of nitrogens with two attached hydrogens (primary N) is 1. The summed E-state index contributed by atoms with van der Waals surface area (Å²) in [4.78, 5) is 2.20. The Balaban J connectivity index is 1.98. The molecule has 1 atom stereocenters. The molecule has 1 aromatic rings. The van der Waals surface area contributed by atoms with E-state index in [1.54, 1.807) is 12.1 Å². The fraction of sp³-hybridized carbons (Fsp3) is 0.571. The van der Waals surface area contributed by atoms with Gasteiger partial charge in [-0.15, -0.1) is 0 Å². The molecule has 4 heteroatoms. The molecule has 0 spiro atoms. The Morgan fingerprint density at radius 2 is 2.17 bits per heavy atom. The van der Waals surface area contributed by atoms with Crippen LogP contribution in [-0.2, 0) is 6.54 Å². The average molecular weight is 254 g/mol. The summed E-state index contributed by atoms with van der Waals surface area (Å²) in [5.74, 6) is -0.873. The topological polar surface area (TPSA) is 29.3 Å². The number of hydrogen-bond donors (Lipinski definition) is 1. The molecule has 0 aliphatic carbocycles. The molecule has 100 valence electrons. The number of piperidine rings is 1. The smallest absolute Gasteiger partial charge is 0.163 e. The fourth-order valence-electron chi connectivity index (χ4n) is 2.68. The molecule has 0 radical (unpaired) electrons. The van der Waals surface area contributed by atoms with Crippen molar-refractivity contribution < 1.29 is 8.78 Å². The minimum Gasteiger partial charge on any atom is -0.330 e. The normalized spacial score (nSPS) is 21.2. The van der Waals surface area contributed by atoms with Crippen molar-refractivity contribution in [1.29, 1.82) is 0 Å². The zero-order chi connectivity index (χ0) is 13.0. The quantitative estimate of drug-likeness (QED) is 0.894. The Bertz CT molecular complexity index is 393. The van der Waals surface area contributed by atoms with E-state index < -0.39 is 11.6 Å². The highest BCUT2D eigenvalue weighted by molar-refractivity contribution is 5.18. The third kappa shape index (κ3) is 3.27. The second kappa shape index (κ2) is 6.25. The first-order chi connectivity index (χ1) is 8.70. The summed E-state index contributed by atoms with van der Waals surface area (Å²) in [5.41, 5.74) is 6.02. The van der Waals surface area contributed by atoms with Gasteiger partial charge in [-0.05, 0) is 44.3 Å². The zero-order valence-corrected chi connectivity index (χ0v) is 10.5. The number of nitrogens with zero attached hydrogens (tertiary/aromatic N) is 1. The van der Waals surface area contributed by atoms with Crippen LogP contribution in [0.3, 0.4) is 0 Å². The van der Waals surface area contributed by atoms with E-state index in [0.29, 0.717) is 24.6 Å². The van der Waals surface area contributed by atoms with Crippen molar-refractivity contribution in [2.45, 2.75) is 25.8 Å². The van der Waals surface area contributed by atoms with Gasteiger partial charge in [0.25, 0.3) is 0 Å². The van der Waals surface area contributed by atoms with Crippen LogP contribution in [0.5, 0.6) is 0 Å². The third-order valence-corrected chi connectivity index (χ3v) is 3.60. The SMILES string of the molecule is NCCC1CCCN(Cc2cccc(F)c2F)C1. The van der Waals surface area contributed by atoms with Crippen LogP contribution < -0.4 is 5.73 Å². The predicted molar refractivity (Wildman–Crippen MR) is 68.0 cm³/mol. The number of benzene rings is 1. The highest BCUT2D eigenvalue weighted by Gasteiger charge is 2.20. The summed E-state index contributed by atoms with van der Waals surface area (Å²) in [6, 6.07) is 4.38. The molecule has 1 aliphatic heterocycles. The van der Waals surface area contributed by atoms with Crippen molar-refractivity contribution in [2.24, 2.45) is 11.7 Å². The maximum absolute atomic E-state index is 13.6. The zero-order valence-electron chi connectivity index (χ0n) is 10.5. The molecule has 0 bridgehead atoms. The van der Waals surface area contributed by atoms with Crippen molar-refractivity contribution in [3.05, 3.63) is 35.4 Å². The van der Waals surface area contributed by atoms with Crippen LogP contribution >= 0.6 is 0 Å². The van der Waals surface area contributed by atoms with E-state index in [1.165, 1.54) is 6.42 Å². The molecule has 0 saturated carbocycles. The summed E-state index contributed by atoms with van der Waals surface area (Å²) in [5, 5.41) is 0. The molecule has 1 fully saturated rings. The van der Waals surface area contributed by atoms with Crippen molar-refractivity contribution in [1.82, 2.24) is 4.90 Å². The third-order valence-electron chi connectivity index (χ3n) is 3.60. The highest BCUT2D eigenvalue weighted by Crippen LogP contribution is 2.22. The van der Waals surface area contributed by atoms with E-state index in [9.17, 15) is 8.78 Å². The van der Waals surface area contributed by atoms with Gasteiger partial charge in [-0.25, -0.2) is 8.78 Å². The minimum absolute atomic E-state index is 0.448. The van der Waals surface area contributed by atoms with Gasteiger partial charge in [0.1, 0.15) is 0 Å². The van der Waals surface area contributed by atoms with E-state index in [0.717, 1.165) is 32.0 Å². The number of likely N-dealkylation sites (tertiary alicyclic amines) is 1. The standard InChI is InChI=1S/C14H20F2N2/c15-13-5-1-4-12(14(13)16)10-18-8-2-3-11(9-18)6-7-17/h1,4-5,11H,2-3,6-10,17H2. The Morgan fingerprint density at radius 1 is 1.33 bits per heavy atom. The molecule has 1 aromatic carbocycles. The summed E-state index contributed by atoms with van der Waals surface area (Å²) in [6.45, 7) is 3.08. The molecule has 1 unspecified atom stereocenters. The lowest BCUT2D eigenvalue weighted by Crippen LogP contribution is -2.35. The van der Waals surface area contributed by atoms with Crippen molar-refractivity contribution in [2.75, 3.05) is 19.6 Å². The summed E-state index contributed by atoms with van der Waals surface area (Å²) in [6.07, 6.45) is 3.32. The largest absolute Gasteiger partial charge is 0.330 e. The lowest BCUT2D eigenvalue weighted by atomic mass is 9.94. The van der Waals surface area contributed by atoms with Crippen LogP contribution in [-0.4, -0.2) is 24.5 Å². The van der Waals surface area contributed by atoms with Crippen LogP contribution in [0.2, 0.25) is 0 Å². The van der Waals surface area contributed by atoms with Gasteiger partial charge in [0, 0.05) is 18.7 Å². The summed E-state index contributed by atoms with van der Waals surface area (Å²) in [7, 11) is 0. The van der Waals surface area contributed by atoms with Crippen molar-refractivity contribution in [3.8, 4) is 0 Å². The maximum Gasteiger partial charge on any atom is 0.163 e. The van der Waals surface area contributed by atoms with E-state index in [-0.39, 0.29) is 0 Å². The first kappa shape index (κ1) is 13.4. The molecule has 1 aliphatic rings. The Labute approximate surface area is 107 Å². The lowest BCUT2D eigenvalue weighted by Gasteiger charge is -2.32.